The van der Waals surface area contributed by atoms with Crippen LogP contribution in [-0.4, -0.2) is 49.7 Å². The monoisotopic (exact) mass is 496 g/mol. The number of rotatable bonds is 6. The Labute approximate surface area is 178 Å². The summed E-state index contributed by atoms with van der Waals surface area (Å²) in [4.78, 5) is 20.4. The summed E-state index contributed by atoms with van der Waals surface area (Å²) < 4.78 is 5.37. The van der Waals surface area contributed by atoms with Crippen LogP contribution in [0.4, 0.5) is 4.79 Å². The summed E-state index contributed by atoms with van der Waals surface area (Å²) in [7, 11) is 3.52. The third-order valence-corrected chi connectivity index (χ3v) is 4.36. The topological polar surface area (TPSA) is 66.0 Å². The molecule has 0 spiro atoms. The van der Waals surface area contributed by atoms with E-state index >= 15 is 0 Å². The number of hydrogen-bond donors (Lipinski definition) is 2. The first kappa shape index (κ1) is 25.0. The molecule has 1 amide bonds. The minimum atomic E-state index is -0.473. The number of carbonyl (C=O) groups excluding carboxylic acids is 1. The summed E-state index contributed by atoms with van der Waals surface area (Å²) in [6.45, 7) is 11.9. The maximum Gasteiger partial charge on any atom is 0.410 e. The van der Waals surface area contributed by atoms with Crippen molar-refractivity contribution < 1.29 is 9.53 Å². The molecule has 0 aliphatic rings. The van der Waals surface area contributed by atoms with Gasteiger partial charge in [0, 0.05) is 36.9 Å². The SMILES string of the molecule is CN=C(NCc1ccc(C)s1)NCC(C)CN(C)C(=O)OC(C)(C)C.I. The van der Waals surface area contributed by atoms with Gasteiger partial charge in [-0.25, -0.2) is 4.79 Å². The lowest BCUT2D eigenvalue weighted by molar-refractivity contribution is 0.0278. The molecule has 2 N–H and O–H groups in total. The third-order valence-electron chi connectivity index (χ3n) is 3.36. The highest BCUT2D eigenvalue weighted by Gasteiger charge is 2.20. The van der Waals surface area contributed by atoms with Crippen LogP contribution in [0.2, 0.25) is 0 Å². The Morgan fingerprint density at radius 3 is 2.50 bits per heavy atom. The van der Waals surface area contributed by atoms with Gasteiger partial charge in [-0.15, -0.1) is 35.3 Å². The molecule has 0 fully saturated rings. The van der Waals surface area contributed by atoms with Crippen LogP contribution in [0.1, 0.15) is 37.4 Å². The van der Waals surface area contributed by atoms with E-state index in [1.54, 1.807) is 30.3 Å². The average Bonchev–Trinajstić information content (AvgIpc) is 2.91. The van der Waals surface area contributed by atoms with Crippen molar-refractivity contribution in [2.45, 2.75) is 46.8 Å². The van der Waals surface area contributed by atoms with E-state index in [0.29, 0.717) is 6.54 Å². The molecule has 1 rings (SSSR count). The van der Waals surface area contributed by atoms with E-state index in [1.165, 1.54) is 9.75 Å². The number of amides is 1. The Hall–Kier alpha value is -1.03. The van der Waals surface area contributed by atoms with E-state index in [1.807, 2.05) is 20.8 Å². The first-order valence-electron chi connectivity index (χ1n) is 8.54. The van der Waals surface area contributed by atoms with Gasteiger partial charge in [0.05, 0.1) is 6.54 Å². The number of thiophene rings is 1. The predicted octanol–water partition coefficient (Wildman–Crippen LogP) is 3.84. The van der Waals surface area contributed by atoms with E-state index in [2.05, 4.69) is 41.6 Å². The zero-order chi connectivity index (χ0) is 19.0. The second kappa shape index (κ2) is 11.6. The lowest BCUT2D eigenvalue weighted by Gasteiger charge is -2.26. The quantitative estimate of drug-likeness (QED) is 0.357. The molecule has 1 heterocycles. The lowest BCUT2D eigenvalue weighted by Crippen LogP contribution is -2.42. The van der Waals surface area contributed by atoms with Crippen LogP contribution in [-0.2, 0) is 11.3 Å². The maximum absolute atomic E-state index is 12.0. The second-order valence-electron chi connectivity index (χ2n) is 7.29. The van der Waals surface area contributed by atoms with Crippen LogP contribution in [0, 0.1) is 12.8 Å². The molecule has 26 heavy (non-hydrogen) atoms. The molecule has 0 bridgehead atoms. The number of carbonyl (C=O) groups is 1. The molecule has 6 nitrogen and oxygen atoms in total. The predicted molar refractivity (Wildman–Crippen MR) is 121 cm³/mol. The van der Waals surface area contributed by atoms with Gasteiger partial charge in [0.1, 0.15) is 5.60 Å². The summed E-state index contributed by atoms with van der Waals surface area (Å²) in [5.74, 6) is 1.03. The van der Waals surface area contributed by atoms with Gasteiger partial charge in [-0.05, 0) is 45.7 Å². The zero-order valence-corrected chi connectivity index (χ0v) is 20.0. The number of nitrogens with one attached hydrogen (secondary N) is 2. The van der Waals surface area contributed by atoms with Crippen LogP contribution >= 0.6 is 35.3 Å². The molecule has 150 valence electrons. The van der Waals surface area contributed by atoms with E-state index in [9.17, 15) is 4.79 Å². The van der Waals surface area contributed by atoms with Crippen LogP contribution in [0.25, 0.3) is 0 Å². The Morgan fingerprint density at radius 2 is 2.00 bits per heavy atom. The molecule has 1 aromatic rings. The molecular weight excluding hydrogens is 463 g/mol. The minimum Gasteiger partial charge on any atom is -0.444 e. The highest BCUT2D eigenvalue weighted by molar-refractivity contribution is 14.0. The van der Waals surface area contributed by atoms with E-state index in [4.69, 9.17) is 4.74 Å². The van der Waals surface area contributed by atoms with Crippen molar-refractivity contribution in [3.8, 4) is 0 Å². The summed E-state index contributed by atoms with van der Waals surface area (Å²) in [6, 6.07) is 4.24. The van der Waals surface area contributed by atoms with Gasteiger partial charge in [0.2, 0.25) is 0 Å². The summed E-state index contributed by atoms with van der Waals surface area (Å²) in [5, 5.41) is 6.61. The van der Waals surface area contributed by atoms with E-state index in [-0.39, 0.29) is 36.0 Å². The van der Waals surface area contributed by atoms with Crippen molar-refractivity contribution in [3.63, 3.8) is 0 Å². The number of aryl methyl sites for hydroxylation is 1. The first-order chi connectivity index (χ1) is 11.6. The minimum absolute atomic E-state index is 0. The smallest absolute Gasteiger partial charge is 0.410 e. The van der Waals surface area contributed by atoms with Crippen LogP contribution in [0.5, 0.6) is 0 Å². The fourth-order valence-electron chi connectivity index (χ4n) is 2.19. The van der Waals surface area contributed by atoms with Crippen molar-refractivity contribution >= 4 is 47.4 Å². The second-order valence-corrected chi connectivity index (χ2v) is 8.66. The van der Waals surface area contributed by atoms with Gasteiger partial charge < -0.3 is 20.3 Å². The lowest BCUT2D eigenvalue weighted by atomic mass is 10.1. The van der Waals surface area contributed by atoms with Gasteiger partial charge in [0.15, 0.2) is 5.96 Å². The van der Waals surface area contributed by atoms with E-state index in [0.717, 1.165) is 19.0 Å². The Kier molecular flexibility index (Phi) is 11.2. The van der Waals surface area contributed by atoms with Gasteiger partial charge >= 0.3 is 6.09 Å². The molecule has 1 unspecified atom stereocenters. The fraction of sp³-hybridized carbons (Fsp3) is 0.667. The maximum atomic E-state index is 12.0. The third kappa shape index (κ3) is 10.2. The van der Waals surface area contributed by atoms with Crippen LogP contribution < -0.4 is 10.6 Å². The van der Waals surface area contributed by atoms with E-state index < -0.39 is 5.60 Å². The van der Waals surface area contributed by atoms with Crippen LogP contribution in [0.3, 0.4) is 0 Å². The standard InChI is InChI=1S/C18H32N4O2S.HI/c1-13(12-22(7)17(23)24-18(3,4)5)10-20-16(19-6)21-11-15-9-8-14(2)25-15;/h8-9,13H,10-12H2,1-7H3,(H2,19,20,21);1H. The normalized spacial score (nSPS) is 12.8. The zero-order valence-electron chi connectivity index (χ0n) is 16.9. The van der Waals surface area contributed by atoms with Gasteiger partial charge in [-0.1, -0.05) is 6.92 Å². The number of nitrogens with zero attached hydrogens (tertiary/aromatic N) is 2. The van der Waals surface area contributed by atoms with Gasteiger partial charge in [-0.3, -0.25) is 4.99 Å². The fourth-order valence-corrected chi connectivity index (χ4v) is 3.02. The largest absolute Gasteiger partial charge is 0.444 e. The molecule has 0 radical (unpaired) electrons. The number of hydrogen-bond acceptors (Lipinski definition) is 4. The van der Waals surface area contributed by atoms with Crippen molar-refractivity contribution in [2.24, 2.45) is 10.9 Å². The molecule has 0 saturated carbocycles. The van der Waals surface area contributed by atoms with Crippen molar-refractivity contribution in [1.82, 2.24) is 15.5 Å². The Bertz CT molecular complexity index is 584. The molecule has 1 aromatic heterocycles. The van der Waals surface area contributed by atoms with Crippen molar-refractivity contribution in [2.75, 3.05) is 27.2 Å². The summed E-state index contributed by atoms with van der Waals surface area (Å²) in [6.07, 6.45) is -0.296. The number of guanidine groups is 1. The van der Waals surface area contributed by atoms with Gasteiger partial charge in [-0.2, -0.15) is 0 Å². The van der Waals surface area contributed by atoms with Crippen molar-refractivity contribution in [1.29, 1.82) is 0 Å². The highest BCUT2D eigenvalue weighted by atomic mass is 127. The molecule has 0 aliphatic heterocycles. The number of halogens is 1. The van der Waals surface area contributed by atoms with Crippen molar-refractivity contribution in [3.05, 3.63) is 21.9 Å². The molecule has 0 aliphatic carbocycles. The Balaban J connectivity index is 0.00000625. The number of ether oxygens (including phenoxy) is 1. The molecule has 0 aromatic carbocycles. The van der Waals surface area contributed by atoms with Gasteiger partial charge in [0.25, 0.3) is 0 Å². The Morgan fingerprint density at radius 1 is 1.35 bits per heavy atom. The first-order valence-corrected chi connectivity index (χ1v) is 9.36. The molecule has 1 atom stereocenters. The molecular formula is C18H33IN4O2S. The number of aliphatic imine (C=N–C) groups is 1. The summed E-state index contributed by atoms with van der Waals surface area (Å²) in [5.41, 5.74) is -0.473. The summed E-state index contributed by atoms with van der Waals surface area (Å²) >= 11 is 1.78. The average molecular weight is 496 g/mol. The molecule has 0 saturated heterocycles. The van der Waals surface area contributed by atoms with Crippen LogP contribution in [0.15, 0.2) is 17.1 Å². The molecule has 8 heteroatoms. The highest BCUT2D eigenvalue weighted by Crippen LogP contribution is 2.14.